The van der Waals surface area contributed by atoms with Gasteiger partial charge >= 0.3 is 0 Å². The van der Waals surface area contributed by atoms with Gasteiger partial charge < -0.3 is 5.32 Å². The number of hydrogen-bond donors (Lipinski definition) is 1. The van der Waals surface area contributed by atoms with Crippen LogP contribution in [-0.2, 0) is 6.54 Å². The van der Waals surface area contributed by atoms with Crippen molar-refractivity contribution in [2.45, 2.75) is 33.2 Å². The topological polar surface area (TPSA) is 42.2 Å². The van der Waals surface area contributed by atoms with Crippen LogP contribution in [0, 0.1) is 6.92 Å². The van der Waals surface area contributed by atoms with Crippen LogP contribution < -0.4 is 5.32 Å². The fraction of sp³-hybridized carbons (Fsp3) is 0.294. The van der Waals surface area contributed by atoms with Gasteiger partial charge in [-0.3, -0.25) is 0 Å². The molecule has 0 radical (unpaired) electrons. The lowest BCUT2D eigenvalue weighted by molar-refractivity contribution is 0.787. The first kappa shape index (κ1) is 13.6. The maximum Gasteiger partial charge on any atom is 0.152 e. The lowest BCUT2D eigenvalue weighted by Gasteiger charge is -2.09. The van der Waals surface area contributed by atoms with Crippen molar-refractivity contribution in [2.75, 3.05) is 5.32 Å². The highest BCUT2D eigenvalue weighted by atomic mass is 15.2. The summed E-state index contributed by atoms with van der Waals surface area (Å²) in [5.74, 6) is 1.29. The van der Waals surface area contributed by atoms with E-state index in [0.717, 1.165) is 23.6 Å². The van der Waals surface area contributed by atoms with Gasteiger partial charge in [0.05, 0.1) is 5.69 Å². The second-order valence-corrected chi connectivity index (χ2v) is 5.61. The van der Waals surface area contributed by atoms with Crippen molar-refractivity contribution in [1.82, 2.24) is 14.6 Å². The van der Waals surface area contributed by atoms with Gasteiger partial charge in [-0.2, -0.15) is 5.10 Å². The molecule has 0 unspecified atom stereocenters. The zero-order chi connectivity index (χ0) is 14.8. The van der Waals surface area contributed by atoms with E-state index in [2.05, 4.69) is 66.5 Å². The molecule has 0 aliphatic carbocycles. The third-order valence-corrected chi connectivity index (χ3v) is 3.71. The molecule has 4 heteroatoms. The first-order valence-corrected chi connectivity index (χ1v) is 7.28. The molecular weight excluding hydrogens is 260 g/mol. The fourth-order valence-corrected chi connectivity index (χ4v) is 2.35. The first-order valence-electron chi connectivity index (χ1n) is 7.28. The molecule has 0 saturated heterocycles. The molecule has 0 saturated carbocycles. The molecule has 21 heavy (non-hydrogen) atoms. The minimum atomic E-state index is 0.411. The number of anilines is 1. The Bertz CT molecular complexity index is 758. The van der Waals surface area contributed by atoms with Crippen molar-refractivity contribution >= 4 is 11.3 Å². The summed E-state index contributed by atoms with van der Waals surface area (Å²) >= 11 is 0. The minimum Gasteiger partial charge on any atom is -0.364 e. The van der Waals surface area contributed by atoms with Gasteiger partial charge in [-0.15, -0.1) is 0 Å². The standard InChI is InChI=1S/C17H20N4/c1-12(2)15-10-16-17(18-8-9-21(16)20-15)19-11-14-7-5-4-6-13(14)3/h4-10,12H,11H2,1-3H3,(H,18,19). The Kier molecular flexibility index (Phi) is 3.60. The van der Waals surface area contributed by atoms with E-state index < -0.39 is 0 Å². The van der Waals surface area contributed by atoms with Crippen LogP contribution in [0.2, 0.25) is 0 Å². The molecule has 0 spiro atoms. The van der Waals surface area contributed by atoms with Gasteiger partial charge in [0.15, 0.2) is 5.82 Å². The molecule has 4 nitrogen and oxygen atoms in total. The highest BCUT2D eigenvalue weighted by Crippen LogP contribution is 2.20. The van der Waals surface area contributed by atoms with Crippen LogP contribution in [-0.4, -0.2) is 14.6 Å². The molecule has 2 aromatic heterocycles. The zero-order valence-electron chi connectivity index (χ0n) is 12.7. The summed E-state index contributed by atoms with van der Waals surface area (Å²) < 4.78 is 1.89. The van der Waals surface area contributed by atoms with Crippen molar-refractivity contribution < 1.29 is 0 Å². The summed E-state index contributed by atoms with van der Waals surface area (Å²) in [5.41, 5.74) is 4.68. The van der Waals surface area contributed by atoms with E-state index in [0.29, 0.717) is 5.92 Å². The first-order chi connectivity index (χ1) is 10.1. The Morgan fingerprint density at radius 1 is 1.24 bits per heavy atom. The number of aryl methyl sites for hydroxylation is 1. The Morgan fingerprint density at radius 3 is 2.81 bits per heavy atom. The lowest BCUT2D eigenvalue weighted by atomic mass is 10.1. The van der Waals surface area contributed by atoms with Crippen molar-refractivity contribution in [1.29, 1.82) is 0 Å². The summed E-state index contributed by atoms with van der Waals surface area (Å²) in [6.45, 7) is 7.19. The highest BCUT2D eigenvalue weighted by molar-refractivity contribution is 5.68. The molecule has 108 valence electrons. The molecule has 1 N–H and O–H groups in total. The SMILES string of the molecule is Cc1ccccc1CNc1nccn2nc(C(C)C)cc12. The monoisotopic (exact) mass is 280 g/mol. The van der Waals surface area contributed by atoms with Crippen LogP contribution in [0.15, 0.2) is 42.7 Å². The van der Waals surface area contributed by atoms with E-state index in [-0.39, 0.29) is 0 Å². The van der Waals surface area contributed by atoms with E-state index in [4.69, 9.17) is 0 Å². The smallest absolute Gasteiger partial charge is 0.152 e. The molecule has 0 aliphatic rings. The second kappa shape index (κ2) is 5.56. The van der Waals surface area contributed by atoms with Crippen LogP contribution in [0.5, 0.6) is 0 Å². The summed E-state index contributed by atoms with van der Waals surface area (Å²) in [4.78, 5) is 4.45. The van der Waals surface area contributed by atoms with Crippen LogP contribution in [0.4, 0.5) is 5.82 Å². The maximum absolute atomic E-state index is 4.58. The maximum atomic E-state index is 4.58. The van der Waals surface area contributed by atoms with Gasteiger partial charge in [0, 0.05) is 18.9 Å². The lowest BCUT2D eigenvalue weighted by Crippen LogP contribution is -2.04. The Morgan fingerprint density at radius 2 is 2.05 bits per heavy atom. The Labute approximate surface area is 124 Å². The second-order valence-electron chi connectivity index (χ2n) is 5.61. The average Bonchev–Trinajstić information content (AvgIpc) is 2.91. The highest BCUT2D eigenvalue weighted by Gasteiger charge is 2.09. The van der Waals surface area contributed by atoms with Gasteiger partial charge in [0.25, 0.3) is 0 Å². The summed E-state index contributed by atoms with van der Waals surface area (Å²) in [5, 5.41) is 8.01. The molecule has 3 rings (SSSR count). The molecule has 0 aliphatic heterocycles. The predicted octanol–water partition coefficient (Wildman–Crippen LogP) is 3.77. The van der Waals surface area contributed by atoms with Crippen LogP contribution in [0.3, 0.4) is 0 Å². The molecule has 0 fully saturated rings. The number of benzene rings is 1. The van der Waals surface area contributed by atoms with E-state index in [1.165, 1.54) is 11.1 Å². The molecular formula is C17H20N4. The Hall–Kier alpha value is -2.36. The number of hydrogen-bond acceptors (Lipinski definition) is 3. The van der Waals surface area contributed by atoms with Crippen LogP contribution >= 0.6 is 0 Å². The summed E-state index contributed by atoms with van der Waals surface area (Å²) in [6, 6.07) is 10.5. The van der Waals surface area contributed by atoms with Gasteiger partial charge in [-0.1, -0.05) is 38.1 Å². The normalized spacial score (nSPS) is 11.2. The van der Waals surface area contributed by atoms with E-state index in [9.17, 15) is 0 Å². The van der Waals surface area contributed by atoms with E-state index >= 15 is 0 Å². The third kappa shape index (κ3) is 2.75. The number of nitrogens with one attached hydrogen (secondary N) is 1. The largest absolute Gasteiger partial charge is 0.364 e. The number of fused-ring (bicyclic) bond motifs is 1. The van der Waals surface area contributed by atoms with Gasteiger partial charge in [0.1, 0.15) is 5.52 Å². The average molecular weight is 280 g/mol. The zero-order valence-corrected chi connectivity index (χ0v) is 12.7. The number of rotatable bonds is 4. The summed E-state index contributed by atoms with van der Waals surface area (Å²) in [6.07, 6.45) is 3.67. The minimum absolute atomic E-state index is 0.411. The van der Waals surface area contributed by atoms with Crippen molar-refractivity contribution in [3.05, 3.63) is 59.5 Å². The van der Waals surface area contributed by atoms with Crippen molar-refractivity contribution in [3.8, 4) is 0 Å². The van der Waals surface area contributed by atoms with Gasteiger partial charge in [-0.25, -0.2) is 9.50 Å². The molecule has 0 atom stereocenters. The van der Waals surface area contributed by atoms with Crippen molar-refractivity contribution in [2.24, 2.45) is 0 Å². The molecule has 1 aromatic carbocycles. The third-order valence-electron chi connectivity index (χ3n) is 3.71. The number of aromatic nitrogens is 3. The van der Waals surface area contributed by atoms with Crippen LogP contribution in [0.25, 0.3) is 5.52 Å². The van der Waals surface area contributed by atoms with Gasteiger partial charge in [0.2, 0.25) is 0 Å². The Balaban J connectivity index is 1.88. The van der Waals surface area contributed by atoms with E-state index in [1.54, 1.807) is 6.20 Å². The van der Waals surface area contributed by atoms with Crippen molar-refractivity contribution in [3.63, 3.8) is 0 Å². The predicted molar refractivity (Wildman–Crippen MR) is 85.6 cm³/mol. The van der Waals surface area contributed by atoms with Gasteiger partial charge in [-0.05, 0) is 30.0 Å². The quantitative estimate of drug-likeness (QED) is 0.791. The molecule has 0 bridgehead atoms. The fourth-order valence-electron chi connectivity index (χ4n) is 2.35. The molecule has 0 amide bonds. The molecule has 3 aromatic rings. The molecule has 2 heterocycles. The van der Waals surface area contributed by atoms with Crippen LogP contribution in [0.1, 0.15) is 36.6 Å². The van der Waals surface area contributed by atoms with E-state index in [1.807, 2.05) is 10.7 Å². The number of nitrogens with zero attached hydrogens (tertiary/aromatic N) is 3. The summed E-state index contributed by atoms with van der Waals surface area (Å²) in [7, 11) is 0.